The van der Waals surface area contributed by atoms with Crippen molar-refractivity contribution in [2.45, 2.75) is 31.1 Å². The van der Waals surface area contributed by atoms with Crippen molar-refractivity contribution < 1.29 is 27.2 Å². The van der Waals surface area contributed by atoms with Crippen LogP contribution in [-0.2, 0) is 14.9 Å². The summed E-state index contributed by atoms with van der Waals surface area (Å²) in [5.41, 5.74) is 1.34. The van der Waals surface area contributed by atoms with Gasteiger partial charge in [-0.3, -0.25) is 9.54 Å². The molecular formula is C21H21NO6S. The lowest BCUT2D eigenvalue weighted by atomic mass is 9.99. The van der Waals surface area contributed by atoms with Crippen LogP contribution in [0.5, 0.6) is 11.5 Å². The fourth-order valence-electron chi connectivity index (χ4n) is 2.85. The number of carbonyl (C=O) groups excluding carboxylic acids is 1. The summed E-state index contributed by atoms with van der Waals surface area (Å²) in [4.78, 5) is 16.0. The monoisotopic (exact) mass is 415 g/mol. The number of hydrogen-bond donors (Lipinski definition) is 1. The summed E-state index contributed by atoms with van der Waals surface area (Å²) in [6, 6.07) is 12.9. The number of hydrogen-bond acceptors (Lipinski definition) is 6. The Hall–Kier alpha value is -2.97. The highest BCUT2D eigenvalue weighted by molar-refractivity contribution is 7.86. The van der Waals surface area contributed by atoms with Crippen LogP contribution in [0.2, 0.25) is 0 Å². The van der Waals surface area contributed by atoms with Gasteiger partial charge in [-0.2, -0.15) is 8.42 Å². The quantitative estimate of drug-likeness (QED) is 0.354. The van der Waals surface area contributed by atoms with Gasteiger partial charge in [0.15, 0.2) is 12.4 Å². The number of fused-ring (bicyclic) bond motifs is 1. The molecular weight excluding hydrogens is 394 g/mol. The number of rotatable bonds is 7. The summed E-state index contributed by atoms with van der Waals surface area (Å²) < 4.78 is 43.2. The first kappa shape index (κ1) is 20.8. The second kappa shape index (κ2) is 8.59. The van der Waals surface area contributed by atoms with Crippen LogP contribution in [0, 0.1) is 0 Å². The van der Waals surface area contributed by atoms with Crippen LogP contribution in [-0.4, -0.2) is 30.5 Å². The average molecular weight is 415 g/mol. The van der Waals surface area contributed by atoms with E-state index in [1.165, 1.54) is 30.0 Å². The molecule has 29 heavy (non-hydrogen) atoms. The van der Waals surface area contributed by atoms with Crippen LogP contribution in [0.25, 0.3) is 10.9 Å². The highest BCUT2D eigenvalue weighted by atomic mass is 32.2. The maximum Gasteiger partial charge on any atom is 0.349 e. The second-order valence-corrected chi connectivity index (χ2v) is 7.97. The molecule has 3 rings (SSSR count). The van der Waals surface area contributed by atoms with Crippen molar-refractivity contribution >= 4 is 27.0 Å². The lowest BCUT2D eigenvalue weighted by Gasteiger charge is -2.11. The second-order valence-electron chi connectivity index (χ2n) is 6.58. The summed E-state index contributed by atoms with van der Waals surface area (Å²) in [7, 11) is -4.44. The van der Waals surface area contributed by atoms with Crippen molar-refractivity contribution in [3.05, 3.63) is 60.3 Å². The van der Waals surface area contributed by atoms with Gasteiger partial charge in [-0.15, -0.1) is 0 Å². The Morgan fingerprint density at radius 1 is 1.14 bits per heavy atom. The maximum absolute atomic E-state index is 12.2. The third-order valence-electron chi connectivity index (χ3n) is 4.61. The molecule has 1 heterocycles. The molecule has 0 fully saturated rings. The van der Waals surface area contributed by atoms with Crippen molar-refractivity contribution in [2.75, 3.05) is 6.61 Å². The fraction of sp³-hybridized carbons (Fsp3) is 0.238. The summed E-state index contributed by atoms with van der Waals surface area (Å²) in [5, 5.41) is 0.154. The van der Waals surface area contributed by atoms with Gasteiger partial charge in [0.2, 0.25) is 0 Å². The van der Waals surface area contributed by atoms with Crippen LogP contribution in [0.15, 0.2) is 59.6 Å². The normalized spacial score (nSPS) is 12.5. The van der Waals surface area contributed by atoms with E-state index < -0.39 is 16.1 Å². The fourth-order valence-corrected chi connectivity index (χ4v) is 3.53. The van der Waals surface area contributed by atoms with Gasteiger partial charge in [-0.1, -0.05) is 26.0 Å². The van der Waals surface area contributed by atoms with Gasteiger partial charge in [-0.05, 0) is 54.3 Å². The third kappa shape index (κ3) is 4.90. The van der Waals surface area contributed by atoms with E-state index in [1.807, 2.05) is 12.1 Å². The molecule has 152 valence electrons. The molecule has 0 radical (unpaired) electrons. The first-order valence-electron chi connectivity index (χ1n) is 9.08. The summed E-state index contributed by atoms with van der Waals surface area (Å²) in [6.07, 6.45) is 2.47. The maximum atomic E-state index is 12.2. The Morgan fingerprint density at radius 3 is 2.52 bits per heavy atom. The Kier molecular flexibility index (Phi) is 6.14. The van der Waals surface area contributed by atoms with Gasteiger partial charge in [0, 0.05) is 11.6 Å². The summed E-state index contributed by atoms with van der Waals surface area (Å²) >= 11 is 0. The van der Waals surface area contributed by atoms with E-state index in [4.69, 9.17) is 9.47 Å². The van der Waals surface area contributed by atoms with E-state index in [1.54, 1.807) is 12.1 Å². The van der Waals surface area contributed by atoms with Gasteiger partial charge in [-0.25, -0.2) is 4.79 Å². The van der Waals surface area contributed by atoms with Crippen molar-refractivity contribution in [1.29, 1.82) is 0 Å². The minimum Gasteiger partial charge on any atom is -0.482 e. The van der Waals surface area contributed by atoms with Gasteiger partial charge >= 0.3 is 5.97 Å². The zero-order valence-corrected chi connectivity index (χ0v) is 16.8. The predicted molar refractivity (Wildman–Crippen MR) is 108 cm³/mol. The highest BCUT2D eigenvalue weighted by Crippen LogP contribution is 2.29. The molecule has 0 saturated carbocycles. The molecule has 0 aliphatic carbocycles. The molecule has 1 N–H and O–H groups in total. The largest absolute Gasteiger partial charge is 0.482 e. The number of ether oxygens (including phenoxy) is 2. The minimum atomic E-state index is -4.44. The van der Waals surface area contributed by atoms with Crippen molar-refractivity contribution in [3.63, 3.8) is 0 Å². The molecule has 3 aromatic rings. The molecule has 0 aliphatic rings. The minimum absolute atomic E-state index is 0.0775. The zero-order chi connectivity index (χ0) is 21.0. The van der Waals surface area contributed by atoms with Crippen molar-refractivity contribution in [2.24, 2.45) is 0 Å². The summed E-state index contributed by atoms with van der Waals surface area (Å²) in [6.45, 7) is 3.93. The lowest BCUT2D eigenvalue weighted by molar-refractivity contribution is -0.136. The van der Waals surface area contributed by atoms with Gasteiger partial charge in [0.1, 0.15) is 16.2 Å². The van der Waals surface area contributed by atoms with E-state index in [2.05, 4.69) is 18.8 Å². The molecule has 2 aromatic carbocycles. The van der Waals surface area contributed by atoms with Crippen LogP contribution in [0.4, 0.5) is 0 Å². The zero-order valence-electron chi connectivity index (χ0n) is 16.0. The molecule has 0 spiro atoms. The number of carbonyl (C=O) groups is 1. The van der Waals surface area contributed by atoms with E-state index in [9.17, 15) is 17.8 Å². The predicted octanol–water partition coefficient (Wildman–Crippen LogP) is 3.98. The van der Waals surface area contributed by atoms with E-state index in [0.29, 0.717) is 11.7 Å². The summed E-state index contributed by atoms with van der Waals surface area (Å²) in [5.74, 6) is 0.399. The third-order valence-corrected chi connectivity index (χ3v) is 5.52. The van der Waals surface area contributed by atoms with Gasteiger partial charge in [0.05, 0.1) is 0 Å². The van der Waals surface area contributed by atoms with Gasteiger partial charge < -0.3 is 9.47 Å². The SMILES string of the molecule is CCC(C)c1ccc(OCC(=O)Oc2ccc(S(=O)(=O)O)c3cccnc23)cc1. The Labute approximate surface area is 169 Å². The average Bonchev–Trinajstić information content (AvgIpc) is 2.71. The van der Waals surface area contributed by atoms with Gasteiger partial charge in [0.25, 0.3) is 10.1 Å². The molecule has 1 unspecified atom stereocenters. The first-order chi connectivity index (χ1) is 13.8. The lowest BCUT2D eigenvalue weighted by Crippen LogP contribution is -2.18. The Bertz CT molecular complexity index is 1130. The van der Waals surface area contributed by atoms with E-state index in [-0.39, 0.29) is 28.2 Å². The molecule has 7 nitrogen and oxygen atoms in total. The number of nitrogens with zero attached hydrogens (tertiary/aromatic N) is 1. The van der Waals surface area contributed by atoms with Crippen molar-refractivity contribution in [3.8, 4) is 11.5 Å². The highest BCUT2D eigenvalue weighted by Gasteiger charge is 2.18. The molecule has 8 heteroatoms. The Balaban J connectivity index is 1.72. The molecule has 0 saturated heterocycles. The van der Waals surface area contributed by atoms with Crippen LogP contribution in [0.1, 0.15) is 31.7 Å². The van der Waals surface area contributed by atoms with Crippen molar-refractivity contribution in [1.82, 2.24) is 4.98 Å². The van der Waals surface area contributed by atoms with Crippen LogP contribution in [0.3, 0.4) is 0 Å². The molecule has 1 aromatic heterocycles. The number of pyridine rings is 1. The topological polar surface area (TPSA) is 103 Å². The number of benzene rings is 2. The molecule has 0 aliphatic heterocycles. The standard InChI is InChI=1S/C21H21NO6S/c1-3-14(2)15-6-8-16(9-7-15)27-13-20(23)28-18-10-11-19(29(24,25)26)17-5-4-12-22-21(17)18/h4-12,14H,3,13H2,1-2H3,(H,24,25,26). The van der Waals surface area contributed by atoms with E-state index >= 15 is 0 Å². The molecule has 0 bridgehead atoms. The number of esters is 1. The Morgan fingerprint density at radius 2 is 1.86 bits per heavy atom. The number of aromatic nitrogens is 1. The molecule has 1 atom stereocenters. The van der Waals surface area contributed by atoms with Crippen LogP contribution < -0.4 is 9.47 Å². The molecule has 0 amide bonds. The van der Waals surface area contributed by atoms with Crippen LogP contribution >= 0.6 is 0 Å². The van der Waals surface area contributed by atoms with E-state index in [0.717, 1.165) is 12.5 Å². The smallest absolute Gasteiger partial charge is 0.349 e. The first-order valence-corrected chi connectivity index (χ1v) is 10.5.